The Kier molecular flexibility index (Phi) is 2.63. The molecule has 10 aromatic rings. The van der Waals surface area contributed by atoms with Crippen molar-refractivity contribution in [2.75, 3.05) is 4.90 Å². The van der Waals surface area contributed by atoms with Gasteiger partial charge < -0.3 is 9.32 Å². The maximum atomic E-state index is 9.83. The van der Waals surface area contributed by atoms with E-state index in [4.69, 9.17) is 29.1 Å². The third-order valence-corrected chi connectivity index (χ3v) is 8.72. The molecule has 0 aliphatic rings. The van der Waals surface area contributed by atoms with Crippen LogP contribution in [0.1, 0.15) is 39.8 Å². The molecule has 0 fully saturated rings. The molecular weight excluding hydrogens is 615 g/mol. The van der Waals surface area contributed by atoms with E-state index in [1.165, 1.54) is 0 Å². The molecule has 0 unspecified atom stereocenters. The van der Waals surface area contributed by atoms with Crippen molar-refractivity contribution < 1.29 is 44.2 Å². The average molecular weight is 673 g/mol. The molecule has 0 spiro atoms. The molecule has 0 amide bonds. The van der Waals surface area contributed by atoms with Crippen molar-refractivity contribution >= 4 is 81.3 Å². The van der Waals surface area contributed by atoms with Crippen molar-refractivity contribution in [1.29, 1.82) is 0 Å². The SMILES string of the molecule is [2H]c1c([2H])c([2H])c(-c2c([2H])c([2H])c(N(c3c([2H])c([2H])c([2H])c4c3oc3c5c([2H])c([2H])c([2H])c([2H])c5c(-c5c([2H])c([2H])c([2H])c([2H])c5[2H])c([2H])c34)c3c([2H])c([2H])c([2H])c4c3sc3c([2H])c([2H])c([2H])c([2H])c34)c([2H])c2[2H])c([2H])c1[2H]. The lowest BCUT2D eigenvalue weighted by molar-refractivity contribution is 0.673. The molecular formula is C46H29NOS. The Hall–Kier alpha value is -6.16. The van der Waals surface area contributed by atoms with E-state index in [0.29, 0.717) is 16.2 Å². The van der Waals surface area contributed by atoms with E-state index in [1.54, 1.807) is 0 Å². The highest BCUT2D eigenvalue weighted by molar-refractivity contribution is 7.26. The maximum Gasteiger partial charge on any atom is 0.159 e. The lowest BCUT2D eigenvalue weighted by Crippen LogP contribution is -2.10. The van der Waals surface area contributed by atoms with Crippen LogP contribution in [0, 0.1) is 0 Å². The standard InChI is InChI=1S/C46H29NOS/c1-3-13-30(14-4-1)31-25-27-33(28-26-31)47(42-23-12-21-38-35-18-9-10-24-43(35)49-46(38)42)41-22-11-20-37-40-29-39(32-15-5-2-6-16-32)34-17-7-8-19-36(34)44(40)48-45(37)41/h1-29H/i1D,2D,3D,4D,5D,6D,7D,8D,9D,10D,11D,12D,13D,14D,15D,16D,17D,18D,19D,20D,21D,22D,23D,24D,25D,26D,27D,28D,29D. The first-order chi connectivity index (χ1) is 36.4. The van der Waals surface area contributed by atoms with Gasteiger partial charge in [0.05, 0.1) is 55.8 Å². The summed E-state index contributed by atoms with van der Waals surface area (Å²) in [5.41, 5.74) is -7.34. The minimum absolute atomic E-state index is 0.255. The highest BCUT2D eigenvalue weighted by Crippen LogP contribution is 2.49. The van der Waals surface area contributed by atoms with Crippen molar-refractivity contribution in [3.63, 3.8) is 0 Å². The molecule has 0 aliphatic carbocycles. The average Bonchev–Trinajstić information content (AvgIpc) is 4.07. The Labute approximate surface area is 328 Å². The molecule has 0 bridgehead atoms. The molecule has 10 rings (SSSR count). The Morgan fingerprint density at radius 1 is 0.429 bits per heavy atom. The van der Waals surface area contributed by atoms with E-state index >= 15 is 0 Å². The van der Waals surface area contributed by atoms with Crippen LogP contribution in [0.2, 0.25) is 0 Å². The number of hydrogen-bond acceptors (Lipinski definition) is 3. The van der Waals surface area contributed by atoms with Gasteiger partial charge in [0.2, 0.25) is 0 Å². The second kappa shape index (κ2) is 11.2. The third-order valence-electron chi connectivity index (χ3n) is 7.61. The zero-order valence-corrected chi connectivity index (χ0v) is 25.1. The summed E-state index contributed by atoms with van der Waals surface area (Å²) in [7, 11) is 0. The van der Waals surface area contributed by atoms with Crippen LogP contribution in [0.15, 0.2) is 180 Å². The van der Waals surface area contributed by atoms with E-state index in [1.807, 2.05) is 0 Å². The molecule has 230 valence electrons. The summed E-state index contributed by atoms with van der Waals surface area (Å²) in [6.45, 7) is 0. The van der Waals surface area contributed by atoms with Crippen molar-refractivity contribution in [1.82, 2.24) is 0 Å². The predicted octanol–water partition coefficient (Wildman–Crippen LogP) is 13.9. The summed E-state index contributed by atoms with van der Waals surface area (Å²) in [4.78, 5) is 0.600. The number of nitrogens with zero attached hydrogens (tertiary/aromatic N) is 1. The second-order valence-electron chi connectivity index (χ2n) is 10.3. The molecule has 0 radical (unpaired) electrons. The number of thiophene rings is 1. The second-order valence-corrected chi connectivity index (χ2v) is 11.3. The molecule has 3 heteroatoms. The first kappa shape index (κ1) is 11.5. The van der Waals surface area contributed by atoms with Gasteiger partial charge in [-0.25, -0.2) is 0 Å². The number of para-hydroxylation sites is 1. The van der Waals surface area contributed by atoms with Gasteiger partial charge in [-0.15, -0.1) is 11.3 Å². The predicted molar refractivity (Wildman–Crippen MR) is 210 cm³/mol. The van der Waals surface area contributed by atoms with Gasteiger partial charge in [0, 0.05) is 37.3 Å². The van der Waals surface area contributed by atoms with Gasteiger partial charge in [0.15, 0.2) is 5.58 Å². The number of anilines is 3. The molecule has 2 aromatic heterocycles. The van der Waals surface area contributed by atoms with Gasteiger partial charge in [-0.1, -0.05) is 139 Å². The fourth-order valence-electron chi connectivity index (χ4n) is 5.53. The Morgan fingerprint density at radius 2 is 1.00 bits per heavy atom. The van der Waals surface area contributed by atoms with E-state index in [0.717, 1.165) is 0 Å². The smallest absolute Gasteiger partial charge is 0.159 e. The summed E-state index contributed by atoms with van der Waals surface area (Å²) >= 11 is 0.505. The summed E-state index contributed by atoms with van der Waals surface area (Å²) < 4.78 is 266. The molecule has 0 N–H and O–H groups in total. The zero-order valence-electron chi connectivity index (χ0n) is 53.3. The van der Waals surface area contributed by atoms with Gasteiger partial charge in [0.1, 0.15) is 5.58 Å². The molecule has 2 heterocycles. The Balaban J connectivity index is 1.50. The van der Waals surface area contributed by atoms with E-state index in [9.17, 15) is 15.1 Å². The molecule has 49 heavy (non-hydrogen) atoms. The van der Waals surface area contributed by atoms with Crippen LogP contribution < -0.4 is 4.90 Å². The zero-order chi connectivity index (χ0) is 57.5. The summed E-state index contributed by atoms with van der Waals surface area (Å²) in [5, 5.41) is -3.36. The molecule has 0 saturated carbocycles. The molecule has 8 aromatic carbocycles. The number of benzene rings is 8. The monoisotopic (exact) mass is 672 g/mol. The summed E-state index contributed by atoms with van der Waals surface area (Å²) in [6, 6.07) is -27.2. The van der Waals surface area contributed by atoms with Crippen LogP contribution in [0.25, 0.3) is 75.1 Å². The lowest BCUT2D eigenvalue weighted by Gasteiger charge is -2.26. The third kappa shape index (κ3) is 4.47. The summed E-state index contributed by atoms with van der Waals surface area (Å²) in [5.74, 6) is 0. The van der Waals surface area contributed by atoms with Gasteiger partial charge in [-0.3, -0.25) is 0 Å². The molecule has 2 nitrogen and oxygen atoms in total. The number of furan rings is 1. The van der Waals surface area contributed by atoms with Crippen molar-refractivity contribution in [2.45, 2.75) is 0 Å². The first-order valence-electron chi connectivity index (χ1n) is 28.7. The number of rotatable bonds is 5. The minimum atomic E-state index is -1.17. The van der Waals surface area contributed by atoms with Gasteiger partial charge in [0.25, 0.3) is 0 Å². The quantitative estimate of drug-likeness (QED) is 0.181. The van der Waals surface area contributed by atoms with Crippen LogP contribution in [-0.2, 0) is 0 Å². The number of fused-ring (bicyclic) bond motifs is 8. The highest BCUT2D eigenvalue weighted by Gasteiger charge is 2.23. The minimum Gasteiger partial charge on any atom is -0.453 e. The Bertz CT molecular complexity index is 4420. The number of hydrogen-bond donors (Lipinski definition) is 0. The fourth-order valence-corrected chi connectivity index (χ4v) is 6.58. The van der Waals surface area contributed by atoms with Crippen LogP contribution in [0.4, 0.5) is 17.1 Å². The Morgan fingerprint density at radius 3 is 1.78 bits per heavy atom. The molecule has 0 saturated heterocycles. The van der Waals surface area contributed by atoms with Crippen LogP contribution >= 0.6 is 11.3 Å². The molecule has 0 aliphatic heterocycles. The largest absolute Gasteiger partial charge is 0.453 e. The molecule has 0 atom stereocenters. The highest BCUT2D eigenvalue weighted by atomic mass is 32.1. The van der Waals surface area contributed by atoms with Crippen molar-refractivity contribution in [3.8, 4) is 22.3 Å². The van der Waals surface area contributed by atoms with Crippen molar-refractivity contribution in [2.24, 2.45) is 0 Å². The summed E-state index contributed by atoms with van der Waals surface area (Å²) in [6.07, 6.45) is 0. The van der Waals surface area contributed by atoms with Gasteiger partial charge >= 0.3 is 0 Å². The lowest BCUT2D eigenvalue weighted by atomic mass is 9.95. The van der Waals surface area contributed by atoms with Crippen LogP contribution in [-0.4, -0.2) is 0 Å². The van der Waals surface area contributed by atoms with E-state index < -0.39 is 257 Å². The normalized spacial score (nSPS) is 20.0. The van der Waals surface area contributed by atoms with Crippen LogP contribution in [0.3, 0.4) is 0 Å². The van der Waals surface area contributed by atoms with Gasteiger partial charge in [-0.2, -0.15) is 0 Å². The fraction of sp³-hybridized carbons (Fsp3) is 0. The van der Waals surface area contributed by atoms with Crippen LogP contribution in [0.5, 0.6) is 0 Å². The van der Waals surface area contributed by atoms with Gasteiger partial charge in [-0.05, 0) is 63.9 Å². The first-order valence-corrected chi connectivity index (χ1v) is 15.1. The van der Waals surface area contributed by atoms with E-state index in [2.05, 4.69) is 0 Å². The van der Waals surface area contributed by atoms with E-state index in [-0.39, 0.29) is 10.1 Å². The maximum absolute atomic E-state index is 9.83. The van der Waals surface area contributed by atoms with Crippen molar-refractivity contribution in [3.05, 3.63) is 175 Å². The topological polar surface area (TPSA) is 16.4 Å².